The number of hydrogen-bond donors (Lipinski definition) is 1. The van der Waals surface area contributed by atoms with E-state index >= 15 is 0 Å². The Morgan fingerprint density at radius 1 is 1.26 bits per heavy atom. The standard InChI is InChI=1S/C16H23BrN2/c1-12(13-4-2-5-14(17)10-13)19-9-3-6-16(11-19)18-15-7-8-15/h2,4-5,10,12,15-16,18H,3,6-9,11H2,1H3. The molecule has 0 aromatic heterocycles. The van der Waals surface area contributed by atoms with E-state index in [2.05, 4.69) is 57.3 Å². The van der Waals surface area contributed by atoms with Crippen LogP contribution in [0.25, 0.3) is 0 Å². The lowest BCUT2D eigenvalue weighted by atomic mass is 10.0. The quantitative estimate of drug-likeness (QED) is 0.908. The molecule has 0 radical (unpaired) electrons. The lowest BCUT2D eigenvalue weighted by Gasteiger charge is -2.37. The van der Waals surface area contributed by atoms with Crippen molar-refractivity contribution in [3.05, 3.63) is 34.3 Å². The van der Waals surface area contributed by atoms with Crippen LogP contribution in [0.3, 0.4) is 0 Å². The third-order valence-corrected chi connectivity index (χ3v) is 4.87. The van der Waals surface area contributed by atoms with Gasteiger partial charge >= 0.3 is 0 Å². The maximum atomic E-state index is 3.79. The van der Waals surface area contributed by atoms with Gasteiger partial charge < -0.3 is 5.32 Å². The van der Waals surface area contributed by atoms with Crippen LogP contribution in [0.1, 0.15) is 44.2 Å². The van der Waals surface area contributed by atoms with E-state index in [1.54, 1.807) is 0 Å². The molecule has 1 saturated heterocycles. The molecule has 2 aliphatic rings. The van der Waals surface area contributed by atoms with Gasteiger partial charge in [0.05, 0.1) is 0 Å². The van der Waals surface area contributed by atoms with E-state index in [0.29, 0.717) is 12.1 Å². The van der Waals surface area contributed by atoms with Crippen molar-refractivity contribution in [2.45, 2.75) is 50.7 Å². The smallest absolute Gasteiger partial charge is 0.0320 e. The summed E-state index contributed by atoms with van der Waals surface area (Å²) in [5.74, 6) is 0. The van der Waals surface area contributed by atoms with Gasteiger partial charge in [-0.25, -0.2) is 0 Å². The minimum atomic E-state index is 0.515. The zero-order valence-electron chi connectivity index (χ0n) is 11.6. The first-order valence-electron chi connectivity index (χ1n) is 7.48. The molecule has 3 rings (SSSR count). The van der Waals surface area contributed by atoms with Gasteiger partial charge in [-0.1, -0.05) is 28.1 Å². The molecule has 2 atom stereocenters. The summed E-state index contributed by atoms with van der Waals surface area (Å²) in [6.45, 7) is 4.77. The minimum Gasteiger partial charge on any atom is -0.310 e. The monoisotopic (exact) mass is 322 g/mol. The summed E-state index contributed by atoms with van der Waals surface area (Å²) in [6, 6.07) is 10.8. The van der Waals surface area contributed by atoms with Crippen LogP contribution in [-0.4, -0.2) is 30.1 Å². The summed E-state index contributed by atoms with van der Waals surface area (Å²) >= 11 is 3.58. The topological polar surface area (TPSA) is 15.3 Å². The third-order valence-electron chi connectivity index (χ3n) is 4.38. The largest absolute Gasteiger partial charge is 0.310 e. The van der Waals surface area contributed by atoms with Crippen molar-refractivity contribution in [3.8, 4) is 0 Å². The second-order valence-electron chi connectivity index (χ2n) is 6.01. The first-order chi connectivity index (χ1) is 9.22. The number of rotatable bonds is 4. The average Bonchev–Trinajstić information content (AvgIpc) is 3.22. The van der Waals surface area contributed by atoms with Crippen LogP contribution < -0.4 is 5.32 Å². The number of nitrogens with zero attached hydrogens (tertiary/aromatic N) is 1. The molecule has 1 aliphatic carbocycles. The van der Waals surface area contributed by atoms with Crippen LogP contribution in [0.2, 0.25) is 0 Å². The highest BCUT2D eigenvalue weighted by Gasteiger charge is 2.29. The molecule has 1 heterocycles. The van der Waals surface area contributed by atoms with Crippen LogP contribution in [-0.2, 0) is 0 Å². The molecule has 1 aromatic carbocycles. The zero-order valence-corrected chi connectivity index (χ0v) is 13.2. The fraction of sp³-hybridized carbons (Fsp3) is 0.625. The van der Waals surface area contributed by atoms with E-state index in [1.807, 2.05) is 0 Å². The van der Waals surface area contributed by atoms with Gasteiger partial charge in [-0.2, -0.15) is 0 Å². The molecule has 3 heteroatoms. The van der Waals surface area contributed by atoms with Gasteiger partial charge in [-0.15, -0.1) is 0 Å². The van der Waals surface area contributed by atoms with Gasteiger partial charge in [0, 0.05) is 29.1 Å². The number of nitrogens with one attached hydrogen (secondary N) is 1. The van der Waals surface area contributed by atoms with Gasteiger partial charge in [0.15, 0.2) is 0 Å². The highest BCUT2D eigenvalue weighted by atomic mass is 79.9. The summed E-state index contributed by atoms with van der Waals surface area (Å²) in [6.07, 6.45) is 5.44. The first kappa shape index (κ1) is 13.6. The molecular formula is C16H23BrN2. The number of benzene rings is 1. The first-order valence-corrected chi connectivity index (χ1v) is 8.27. The molecule has 1 aromatic rings. The Morgan fingerprint density at radius 2 is 2.11 bits per heavy atom. The van der Waals surface area contributed by atoms with Crippen molar-refractivity contribution in [1.29, 1.82) is 0 Å². The molecule has 0 bridgehead atoms. The van der Waals surface area contributed by atoms with Gasteiger partial charge in [0.25, 0.3) is 0 Å². The Balaban J connectivity index is 1.63. The number of piperidine rings is 1. The predicted molar refractivity (Wildman–Crippen MR) is 83.3 cm³/mol. The number of halogens is 1. The van der Waals surface area contributed by atoms with E-state index in [1.165, 1.54) is 48.8 Å². The second kappa shape index (κ2) is 5.94. The van der Waals surface area contributed by atoms with Crippen molar-refractivity contribution in [2.75, 3.05) is 13.1 Å². The zero-order chi connectivity index (χ0) is 13.2. The Kier molecular flexibility index (Phi) is 4.25. The van der Waals surface area contributed by atoms with E-state index in [-0.39, 0.29) is 0 Å². The Hall–Kier alpha value is -0.380. The number of likely N-dealkylation sites (tertiary alicyclic amines) is 1. The maximum Gasteiger partial charge on any atom is 0.0320 e. The molecular weight excluding hydrogens is 300 g/mol. The molecule has 104 valence electrons. The van der Waals surface area contributed by atoms with Gasteiger partial charge in [-0.05, 0) is 56.8 Å². The summed E-state index contributed by atoms with van der Waals surface area (Å²) in [5.41, 5.74) is 1.42. The normalized spacial score (nSPS) is 26.3. The summed E-state index contributed by atoms with van der Waals surface area (Å²) in [4.78, 5) is 2.63. The minimum absolute atomic E-state index is 0.515. The molecule has 1 aliphatic heterocycles. The molecule has 2 unspecified atom stereocenters. The average molecular weight is 323 g/mol. The van der Waals surface area contributed by atoms with E-state index in [9.17, 15) is 0 Å². The Morgan fingerprint density at radius 3 is 2.84 bits per heavy atom. The molecule has 2 fully saturated rings. The number of hydrogen-bond acceptors (Lipinski definition) is 2. The summed E-state index contributed by atoms with van der Waals surface area (Å²) < 4.78 is 1.18. The van der Waals surface area contributed by atoms with Crippen LogP contribution in [0, 0.1) is 0 Å². The van der Waals surface area contributed by atoms with E-state index in [4.69, 9.17) is 0 Å². The Labute approximate surface area is 124 Å². The van der Waals surface area contributed by atoms with Gasteiger partial charge in [0.1, 0.15) is 0 Å². The lowest BCUT2D eigenvalue weighted by molar-refractivity contribution is 0.145. The Bertz CT molecular complexity index is 431. The van der Waals surface area contributed by atoms with Crippen molar-refractivity contribution < 1.29 is 0 Å². The highest BCUT2D eigenvalue weighted by Crippen LogP contribution is 2.27. The maximum absolute atomic E-state index is 3.79. The van der Waals surface area contributed by atoms with Crippen LogP contribution in [0.5, 0.6) is 0 Å². The van der Waals surface area contributed by atoms with Crippen molar-refractivity contribution in [2.24, 2.45) is 0 Å². The van der Waals surface area contributed by atoms with Crippen LogP contribution in [0.15, 0.2) is 28.7 Å². The van der Waals surface area contributed by atoms with E-state index in [0.717, 1.165) is 6.04 Å². The SMILES string of the molecule is CC(c1cccc(Br)c1)N1CCCC(NC2CC2)C1. The molecule has 1 N–H and O–H groups in total. The molecule has 0 spiro atoms. The molecule has 0 amide bonds. The van der Waals surface area contributed by atoms with Gasteiger partial charge in [-0.3, -0.25) is 4.90 Å². The predicted octanol–water partition coefficient (Wildman–Crippen LogP) is 3.73. The molecule has 2 nitrogen and oxygen atoms in total. The third kappa shape index (κ3) is 3.59. The van der Waals surface area contributed by atoms with Crippen LogP contribution in [0.4, 0.5) is 0 Å². The van der Waals surface area contributed by atoms with Crippen molar-refractivity contribution in [1.82, 2.24) is 10.2 Å². The summed E-state index contributed by atoms with van der Waals surface area (Å²) in [7, 11) is 0. The van der Waals surface area contributed by atoms with Crippen LogP contribution >= 0.6 is 15.9 Å². The molecule has 19 heavy (non-hydrogen) atoms. The second-order valence-corrected chi connectivity index (χ2v) is 6.92. The summed E-state index contributed by atoms with van der Waals surface area (Å²) in [5, 5.41) is 3.79. The molecule has 1 saturated carbocycles. The fourth-order valence-electron chi connectivity index (χ4n) is 3.05. The lowest BCUT2D eigenvalue weighted by Crippen LogP contribution is -2.47. The highest BCUT2D eigenvalue weighted by molar-refractivity contribution is 9.10. The van der Waals surface area contributed by atoms with Gasteiger partial charge in [0.2, 0.25) is 0 Å². The van der Waals surface area contributed by atoms with Crippen molar-refractivity contribution >= 4 is 15.9 Å². The fourth-order valence-corrected chi connectivity index (χ4v) is 3.47. The van der Waals surface area contributed by atoms with Crippen molar-refractivity contribution in [3.63, 3.8) is 0 Å². The van der Waals surface area contributed by atoms with E-state index < -0.39 is 0 Å².